The van der Waals surface area contributed by atoms with Crippen LogP contribution in [0, 0.1) is 0 Å². The molecule has 5 heteroatoms. The van der Waals surface area contributed by atoms with Gasteiger partial charge in [0.25, 0.3) is 0 Å². The first kappa shape index (κ1) is 15.0. The van der Waals surface area contributed by atoms with E-state index in [4.69, 9.17) is 21.1 Å². The lowest BCUT2D eigenvalue weighted by Crippen LogP contribution is -2.38. The Morgan fingerprint density at radius 2 is 1.85 bits per heavy atom. The Balaban J connectivity index is 2.61. The first-order valence-corrected chi connectivity index (χ1v) is 7.08. The molecule has 0 radical (unpaired) electrons. The number of halogens is 1. The predicted molar refractivity (Wildman–Crippen MR) is 77.0 cm³/mol. The van der Waals surface area contributed by atoms with Crippen molar-refractivity contribution in [3.63, 3.8) is 0 Å². The molecule has 0 bridgehead atoms. The Morgan fingerprint density at radius 1 is 1.20 bits per heavy atom. The minimum atomic E-state index is -0.951. The predicted octanol–water partition coefficient (Wildman–Crippen LogP) is 3.64. The van der Waals surface area contributed by atoms with Crippen LogP contribution in [-0.4, -0.2) is 25.3 Å². The van der Waals surface area contributed by atoms with Crippen LogP contribution in [0.25, 0.3) is 0 Å². The van der Waals surface area contributed by atoms with Gasteiger partial charge in [0.1, 0.15) is 11.5 Å². The third-order valence-corrected chi connectivity index (χ3v) is 4.38. The summed E-state index contributed by atoms with van der Waals surface area (Å²) in [7, 11) is 3.06. The van der Waals surface area contributed by atoms with Crippen molar-refractivity contribution in [3.05, 3.63) is 22.7 Å². The highest BCUT2D eigenvalue weighted by Gasteiger charge is 2.45. The molecule has 1 saturated carbocycles. The molecule has 1 aromatic carbocycles. The molecule has 0 unspecified atom stereocenters. The Bertz CT molecular complexity index is 507. The number of carbonyl (C=O) groups is 1. The van der Waals surface area contributed by atoms with Crippen LogP contribution >= 0.6 is 11.6 Å². The van der Waals surface area contributed by atoms with E-state index in [2.05, 4.69) is 0 Å². The third kappa shape index (κ3) is 2.44. The lowest BCUT2D eigenvalue weighted by molar-refractivity contribution is -0.145. The van der Waals surface area contributed by atoms with Gasteiger partial charge in [-0.15, -0.1) is 0 Å². The van der Waals surface area contributed by atoms with Gasteiger partial charge in [-0.3, -0.25) is 4.79 Å². The number of carboxylic acids is 1. The van der Waals surface area contributed by atoms with Crippen molar-refractivity contribution >= 4 is 17.6 Å². The van der Waals surface area contributed by atoms with Gasteiger partial charge in [0.2, 0.25) is 0 Å². The van der Waals surface area contributed by atoms with Gasteiger partial charge in [-0.1, -0.05) is 30.9 Å². The smallest absolute Gasteiger partial charge is 0.314 e. The van der Waals surface area contributed by atoms with Crippen molar-refractivity contribution in [2.24, 2.45) is 0 Å². The molecule has 0 amide bonds. The number of ether oxygens (including phenoxy) is 2. The van der Waals surface area contributed by atoms with E-state index in [1.807, 2.05) is 0 Å². The first-order chi connectivity index (χ1) is 9.55. The van der Waals surface area contributed by atoms with Gasteiger partial charge in [-0.25, -0.2) is 0 Å². The summed E-state index contributed by atoms with van der Waals surface area (Å²) in [6.07, 6.45) is 4.01. The minimum absolute atomic E-state index is 0.394. The van der Waals surface area contributed by atoms with E-state index in [0.29, 0.717) is 34.9 Å². The van der Waals surface area contributed by atoms with Crippen molar-refractivity contribution in [1.29, 1.82) is 0 Å². The van der Waals surface area contributed by atoms with Crippen molar-refractivity contribution in [2.75, 3.05) is 14.2 Å². The number of hydrogen-bond donors (Lipinski definition) is 1. The lowest BCUT2D eigenvalue weighted by atomic mass is 9.69. The van der Waals surface area contributed by atoms with Crippen LogP contribution in [0.3, 0.4) is 0 Å². The molecule has 1 aromatic rings. The molecule has 1 fully saturated rings. The second-order valence-corrected chi connectivity index (χ2v) is 5.54. The molecule has 0 aliphatic heterocycles. The van der Waals surface area contributed by atoms with Crippen LogP contribution in [0.1, 0.15) is 37.7 Å². The van der Waals surface area contributed by atoms with E-state index in [9.17, 15) is 9.90 Å². The topological polar surface area (TPSA) is 55.8 Å². The summed E-state index contributed by atoms with van der Waals surface area (Å²) in [6, 6.07) is 3.35. The molecule has 2 rings (SSSR count). The Kier molecular flexibility index (Phi) is 4.43. The summed E-state index contributed by atoms with van der Waals surface area (Å²) in [6.45, 7) is 0. The second-order valence-electron chi connectivity index (χ2n) is 5.13. The summed E-state index contributed by atoms with van der Waals surface area (Å²) in [5, 5.41) is 10.2. The maximum Gasteiger partial charge on any atom is 0.314 e. The zero-order valence-corrected chi connectivity index (χ0v) is 12.5. The standard InChI is InChI=1S/C15H19ClO4/c1-19-10-8-11(16)13(12(9-10)20-2)15(14(17)18)6-4-3-5-7-15/h8-9H,3-7H2,1-2H3,(H,17,18). The van der Waals surface area contributed by atoms with Crippen LogP contribution in [0.2, 0.25) is 5.02 Å². The van der Waals surface area contributed by atoms with Gasteiger partial charge in [-0.2, -0.15) is 0 Å². The summed E-state index contributed by atoms with van der Waals surface area (Å²) in [5.74, 6) is 0.216. The minimum Gasteiger partial charge on any atom is -0.497 e. The SMILES string of the molecule is COc1cc(Cl)c(C2(C(=O)O)CCCCC2)c(OC)c1. The van der Waals surface area contributed by atoms with Gasteiger partial charge < -0.3 is 14.6 Å². The average molecular weight is 299 g/mol. The van der Waals surface area contributed by atoms with E-state index >= 15 is 0 Å². The van der Waals surface area contributed by atoms with Crippen molar-refractivity contribution in [1.82, 2.24) is 0 Å². The van der Waals surface area contributed by atoms with Gasteiger partial charge >= 0.3 is 5.97 Å². The summed E-state index contributed by atoms with van der Waals surface area (Å²) in [4.78, 5) is 11.9. The number of benzene rings is 1. The van der Waals surface area contributed by atoms with Crippen molar-refractivity contribution in [2.45, 2.75) is 37.5 Å². The average Bonchev–Trinajstić information content (AvgIpc) is 2.46. The highest BCUT2D eigenvalue weighted by atomic mass is 35.5. The van der Waals surface area contributed by atoms with Crippen LogP contribution in [0.5, 0.6) is 11.5 Å². The molecule has 4 nitrogen and oxygen atoms in total. The molecule has 1 aliphatic rings. The zero-order chi connectivity index (χ0) is 14.8. The number of hydrogen-bond acceptors (Lipinski definition) is 3. The molecule has 0 heterocycles. The Hall–Kier alpha value is -1.42. The molecule has 20 heavy (non-hydrogen) atoms. The highest BCUT2D eigenvalue weighted by Crippen LogP contribution is 2.48. The number of methoxy groups -OCH3 is 2. The molecule has 0 aromatic heterocycles. The maximum absolute atomic E-state index is 11.9. The monoisotopic (exact) mass is 298 g/mol. The maximum atomic E-state index is 11.9. The first-order valence-electron chi connectivity index (χ1n) is 6.70. The highest BCUT2D eigenvalue weighted by molar-refractivity contribution is 6.32. The van der Waals surface area contributed by atoms with Crippen LogP contribution in [-0.2, 0) is 10.2 Å². The summed E-state index contributed by atoms with van der Waals surface area (Å²) < 4.78 is 10.5. The van der Waals surface area contributed by atoms with E-state index in [0.717, 1.165) is 19.3 Å². The van der Waals surface area contributed by atoms with E-state index < -0.39 is 11.4 Å². The fraction of sp³-hybridized carbons (Fsp3) is 0.533. The van der Waals surface area contributed by atoms with Crippen molar-refractivity contribution < 1.29 is 19.4 Å². The van der Waals surface area contributed by atoms with Crippen LogP contribution in [0.15, 0.2) is 12.1 Å². The van der Waals surface area contributed by atoms with Crippen molar-refractivity contribution in [3.8, 4) is 11.5 Å². The third-order valence-electron chi connectivity index (χ3n) is 4.08. The Morgan fingerprint density at radius 3 is 2.35 bits per heavy atom. The molecular weight excluding hydrogens is 280 g/mol. The fourth-order valence-corrected chi connectivity index (χ4v) is 3.41. The van der Waals surface area contributed by atoms with Gasteiger partial charge in [0.15, 0.2) is 0 Å². The fourth-order valence-electron chi connectivity index (χ4n) is 3.03. The Labute approximate surface area is 123 Å². The lowest BCUT2D eigenvalue weighted by Gasteiger charge is -2.35. The van der Waals surface area contributed by atoms with Crippen LogP contribution in [0.4, 0.5) is 0 Å². The molecule has 1 aliphatic carbocycles. The van der Waals surface area contributed by atoms with Crippen LogP contribution < -0.4 is 9.47 Å². The quantitative estimate of drug-likeness (QED) is 0.922. The van der Waals surface area contributed by atoms with Gasteiger partial charge in [0.05, 0.1) is 24.7 Å². The molecule has 0 spiro atoms. The van der Waals surface area contributed by atoms with Gasteiger partial charge in [-0.05, 0) is 18.9 Å². The molecule has 0 atom stereocenters. The second kappa shape index (κ2) is 5.92. The number of rotatable bonds is 4. The molecule has 110 valence electrons. The molecule has 0 saturated heterocycles. The van der Waals surface area contributed by atoms with E-state index in [-0.39, 0.29) is 0 Å². The zero-order valence-electron chi connectivity index (χ0n) is 11.7. The number of aliphatic carboxylic acids is 1. The normalized spacial score (nSPS) is 17.6. The molecular formula is C15H19ClO4. The summed E-state index contributed by atoms with van der Waals surface area (Å²) in [5.41, 5.74) is -0.373. The van der Waals surface area contributed by atoms with Gasteiger partial charge in [0, 0.05) is 11.6 Å². The largest absolute Gasteiger partial charge is 0.497 e. The molecule has 1 N–H and O–H groups in total. The summed E-state index contributed by atoms with van der Waals surface area (Å²) >= 11 is 6.34. The number of carboxylic acid groups (broad SMARTS) is 1. The van der Waals surface area contributed by atoms with E-state index in [1.54, 1.807) is 19.2 Å². The van der Waals surface area contributed by atoms with E-state index in [1.165, 1.54) is 7.11 Å².